The van der Waals surface area contributed by atoms with Crippen molar-refractivity contribution in [2.24, 2.45) is 0 Å². The second kappa shape index (κ2) is 6.12. The summed E-state index contributed by atoms with van der Waals surface area (Å²) in [6.45, 7) is 6.72. The third kappa shape index (κ3) is 2.78. The van der Waals surface area contributed by atoms with Crippen molar-refractivity contribution in [3.8, 4) is 11.8 Å². The van der Waals surface area contributed by atoms with Gasteiger partial charge >= 0.3 is 0 Å². The molecule has 0 saturated carbocycles. The van der Waals surface area contributed by atoms with E-state index in [9.17, 15) is 9.65 Å². The molecule has 0 unspecified atom stereocenters. The van der Waals surface area contributed by atoms with E-state index in [4.69, 9.17) is 0 Å². The number of rotatable bonds is 3. The molecule has 1 aliphatic heterocycles. The minimum Gasteiger partial charge on any atom is -0.350 e. The summed E-state index contributed by atoms with van der Waals surface area (Å²) in [5.74, 6) is 0.287. The number of likely N-dealkylation sites (N-methyl/N-ethyl adjacent to an activating group) is 1. The van der Waals surface area contributed by atoms with Gasteiger partial charge in [0.15, 0.2) is 5.82 Å². The second-order valence-electron chi connectivity index (χ2n) is 5.17. The van der Waals surface area contributed by atoms with Crippen molar-refractivity contribution in [2.75, 3.05) is 37.6 Å². The van der Waals surface area contributed by atoms with Gasteiger partial charge in [0.1, 0.15) is 11.9 Å². The van der Waals surface area contributed by atoms with Crippen LogP contribution in [0.15, 0.2) is 24.3 Å². The number of hydrogen-bond acceptors (Lipinski definition) is 5. The molecule has 2 heterocycles. The van der Waals surface area contributed by atoms with Crippen molar-refractivity contribution in [2.45, 2.75) is 6.92 Å². The smallest absolute Gasteiger partial charge is 0.207 e. The van der Waals surface area contributed by atoms with Crippen LogP contribution in [0.4, 0.5) is 10.2 Å². The van der Waals surface area contributed by atoms with Gasteiger partial charge in [0.25, 0.3) is 0 Å². The quantitative estimate of drug-likeness (QED) is 0.858. The number of nitrogens with zero attached hydrogens (tertiary/aromatic N) is 6. The molecule has 1 fully saturated rings. The molecule has 114 valence electrons. The van der Waals surface area contributed by atoms with Crippen LogP contribution in [0.3, 0.4) is 0 Å². The van der Waals surface area contributed by atoms with E-state index in [0.29, 0.717) is 17.2 Å². The van der Waals surface area contributed by atoms with Gasteiger partial charge < -0.3 is 9.80 Å². The fraction of sp³-hybridized carbons (Fsp3) is 0.400. The van der Waals surface area contributed by atoms with Gasteiger partial charge in [-0.1, -0.05) is 6.92 Å². The van der Waals surface area contributed by atoms with E-state index < -0.39 is 0 Å². The highest BCUT2D eigenvalue weighted by atomic mass is 19.1. The van der Waals surface area contributed by atoms with Crippen LogP contribution in [-0.2, 0) is 0 Å². The Bertz CT molecular complexity index is 679. The zero-order chi connectivity index (χ0) is 15.5. The second-order valence-corrected chi connectivity index (χ2v) is 5.17. The molecular formula is C15H17FN6. The predicted molar refractivity (Wildman–Crippen MR) is 80.4 cm³/mol. The normalized spacial score (nSPS) is 15.8. The average molecular weight is 300 g/mol. The zero-order valence-electron chi connectivity index (χ0n) is 12.4. The minimum atomic E-state index is -0.313. The molecule has 0 amide bonds. The van der Waals surface area contributed by atoms with Gasteiger partial charge in [0, 0.05) is 26.2 Å². The van der Waals surface area contributed by atoms with Crippen molar-refractivity contribution >= 4 is 5.82 Å². The Morgan fingerprint density at radius 2 is 1.82 bits per heavy atom. The molecule has 0 aliphatic carbocycles. The van der Waals surface area contributed by atoms with Gasteiger partial charge in [-0.25, -0.2) is 4.39 Å². The van der Waals surface area contributed by atoms with Gasteiger partial charge in [-0.15, -0.1) is 15.0 Å². The van der Waals surface area contributed by atoms with Crippen LogP contribution in [0, 0.1) is 17.1 Å². The van der Waals surface area contributed by atoms with Crippen LogP contribution in [0.1, 0.15) is 12.6 Å². The highest BCUT2D eigenvalue weighted by Gasteiger charge is 2.22. The lowest BCUT2D eigenvalue weighted by atomic mass is 10.3. The molecule has 7 heteroatoms. The standard InChI is InChI=1S/C15H17FN6/c1-2-20-7-9-21(10-8-20)15-14(11-17)18-22(19-15)13-5-3-12(16)4-6-13/h3-6H,2,7-10H2,1H3. The van der Waals surface area contributed by atoms with Crippen molar-refractivity contribution in [1.82, 2.24) is 19.9 Å². The number of nitriles is 1. The van der Waals surface area contributed by atoms with E-state index in [1.165, 1.54) is 16.9 Å². The minimum absolute atomic E-state index is 0.300. The van der Waals surface area contributed by atoms with Crippen LogP contribution in [0.5, 0.6) is 0 Å². The molecule has 2 aromatic rings. The lowest BCUT2D eigenvalue weighted by Crippen LogP contribution is -2.46. The molecule has 1 saturated heterocycles. The number of aromatic nitrogens is 3. The van der Waals surface area contributed by atoms with Crippen LogP contribution >= 0.6 is 0 Å². The lowest BCUT2D eigenvalue weighted by molar-refractivity contribution is 0.270. The van der Waals surface area contributed by atoms with Gasteiger partial charge in [-0.3, -0.25) is 0 Å². The maximum Gasteiger partial charge on any atom is 0.207 e. The Kier molecular flexibility index (Phi) is 4.02. The summed E-state index contributed by atoms with van der Waals surface area (Å²) < 4.78 is 13.0. The fourth-order valence-electron chi connectivity index (χ4n) is 2.55. The fourth-order valence-corrected chi connectivity index (χ4v) is 2.55. The maximum absolute atomic E-state index is 13.0. The first kappa shape index (κ1) is 14.5. The molecule has 0 spiro atoms. The number of halogens is 1. The van der Waals surface area contributed by atoms with E-state index in [-0.39, 0.29) is 5.82 Å². The molecule has 1 aliphatic rings. The summed E-state index contributed by atoms with van der Waals surface area (Å²) in [6.07, 6.45) is 0. The monoisotopic (exact) mass is 300 g/mol. The van der Waals surface area contributed by atoms with Crippen molar-refractivity contribution in [3.05, 3.63) is 35.8 Å². The highest BCUT2D eigenvalue weighted by Crippen LogP contribution is 2.19. The number of piperazine rings is 1. The number of benzene rings is 1. The van der Waals surface area contributed by atoms with E-state index in [0.717, 1.165) is 32.7 Å². The predicted octanol–water partition coefficient (Wildman–Crippen LogP) is 1.42. The molecule has 3 rings (SSSR count). The van der Waals surface area contributed by atoms with Crippen molar-refractivity contribution in [1.29, 1.82) is 5.26 Å². The summed E-state index contributed by atoms with van der Waals surface area (Å²) in [5, 5.41) is 17.9. The Morgan fingerprint density at radius 3 is 2.41 bits per heavy atom. The van der Waals surface area contributed by atoms with Crippen LogP contribution in [-0.4, -0.2) is 52.6 Å². The Balaban J connectivity index is 1.86. The molecule has 0 atom stereocenters. The van der Waals surface area contributed by atoms with E-state index in [2.05, 4.69) is 33.0 Å². The summed E-state index contributed by atoms with van der Waals surface area (Å²) in [7, 11) is 0. The third-order valence-corrected chi connectivity index (χ3v) is 3.88. The van der Waals surface area contributed by atoms with Crippen LogP contribution < -0.4 is 4.90 Å². The van der Waals surface area contributed by atoms with Gasteiger partial charge in [0.2, 0.25) is 5.69 Å². The average Bonchev–Trinajstić information content (AvgIpc) is 3.00. The molecule has 0 N–H and O–H groups in total. The molecule has 6 nitrogen and oxygen atoms in total. The first-order valence-corrected chi connectivity index (χ1v) is 7.32. The van der Waals surface area contributed by atoms with Crippen molar-refractivity contribution in [3.63, 3.8) is 0 Å². The Morgan fingerprint density at radius 1 is 1.14 bits per heavy atom. The van der Waals surface area contributed by atoms with E-state index in [1.54, 1.807) is 12.1 Å². The first-order chi connectivity index (χ1) is 10.7. The first-order valence-electron chi connectivity index (χ1n) is 7.32. The number of anilines is 1. The molecule has 1 aromatic heterocycles. The maximum atomic E-state index is 13.0. The molecule has 1 aromatic carbocycles. The van der Waals surface area contributed by atoms with Gasteiger partial charge in [-0.05, 0) is 30.8 Å². The van der Waals surface area contributed by atoms with E-state index >= 15 is 0 Å². The molecular weight excluding hydrogens is 283 g/mol. The van der Waals surface area contributed by atoms with Crippen LogP contribution in [0.25, 0.3) is 5.69 Å². The van der Waals surface area contributed by atoms with Gasteiger partial charge in [-0.2, -0.15) is 5.26 Å². The topological polar surface area (TPSA) is 61.0 Å². The summed E-state index contributed by atoms with van der Waals surface area (Å²) in [5.41, 5.74) is 0.936. The molecule has 22 heavy (non-hydrogen) atoms. The third-order valence-electron chi connectivity index (χ3n) is 3.88. The SMILES string of the molecule is CCN1CCN(c2nn(-c3ccc(F)cc3)nc2C#N)CC1. The summed E-state index contributed by atoms with van der Waals surface area (Å²) in [6, 6.07) is 7.98. The largest absolute Gasteiger partial charge is 0.350 e. The molecule has 0 bridgehead atoms. The lowest BCUT2D eigenvalue weighted by Gasteiger charge is -2.33. The van der Waals surface area contributed by atoms with Gasteiger partial charge in [0.05, 0.1) is 5.69 Å². The van der Waals surface area contributed by atoms with Crippen molar-refractivity contribution < 1.29 is 4.39 Å². The Labute approximate surface area is 128 Å². The summed E-state index contributed by atoms with van der Waals surface area (Å²) >= 11 is 0. The van der Waals surface area contributed by atoms with E-state index in [1.807, 2.05) is 0 Å². The molecule has 0 radical (unpaired) electrons. The Hall–Kier alpha value is -2.46. The zero-order valence-corrected chi connectivity index (χ0v) is 12.4. The number of hydrogen-bond donors (Lipinski definition) is 0. The van der Waals surface area contributed by atoms with Crippen LogP contribution in [0.2, 0.25) is 0 Å². The highest BCUT2D eigenvalue weighted by molar-refractivity contribution is 5.50. The summed E-state index contributed by atoms with van der Waals surface area (Å²) in [4.78, 5) is 5.82.